The molecule has 3 saturated heterocycles. The van der Waals surface area contributed by atoms with E-state index < -0.39 is 35.5 Å². The largest absolute Gasteiger partial charge is 0.369 e. The summed E-state index contributed by atoms with van der Waals surface area (Å²) in [5, 5.41) is 9.31. The number of hydrogen-bond donors (Lipinski definition) is 3. The van der Waals surface area contributed by atoms with Crippen LogP contribution in [0.25, 0.3) is 11.2 Å². The summed E-state index contributed by atoms with van der Waals surface area (Å²) < 4.78 is 17.6. The fourth-order valence-electron chi connectivity index (χ4n) is 10.9. The van der Waals surface area contributed by atoms with Crippen LogP contribution in [0, 0.1) is 11.2 Å². The molecule has 5 amide bonds. The van der Waals surface area contributed by atoms with Crippen LogP contribution in [0.2, 0.25) is 10.0 Å². The van der Waals surface area contributed by atoms with Crippen molar-refractivity contribution >= 4 is 86.8 Å². The second kappa shape index (κ2) is 16.6. The van der Waals surface area contributed by atoms with Crippen molar-refractivity contribution in [2.45, 2.75) is 75.5 Å². The number of rotatable bonds is 9. The third kappa shape index (κ3) is 7.50. The Balaban J connectivity index is 0.646. The molecule has 3 aromatic carbocycles. The molecule has 2 aliphatic carbocycles. The van der Waals surface area contributed by atoms with Crippen LogP contribution in [0.15, 0.2) is 67.3 Å². The van der Waals surface area contributed by atoms with Gasteiger partial charge in [-0.1, -0.05) is 29.3 Å². The van der Waals surface area contributed by atoms with Crippen LogP contribution in [-0.4, -0.2) is 116 Å². The zero-order valence-corrected chi connectivity index (χ0v) is 37.3. The molecular formula is C47H46Cl2FN11O5. The van der Waals surface area contributed by atoms with Gasteiger partial charge in [0.2, 0.25) is 11.8 Å². The number of aromatic nitrogens is 4. The van der Waals surface area contributed by atoms with Crippen molar-refractivity contribution < 1.29 is 28.4 Å². The average molecular weight is 935 g/mol. The zero-order valence-electron chi connectivity index (χ0n) is 35.8. The summed E-state index contributed by atoms with van der Waals surface area (Å²) in [4.78, 5) is 85.2. The van der Waals surface area contributed by atoms with Crippen LogP contribution >= 0.6 is 23.2 Å². The third-order valence-electron chi connectivity index (χ3n) is 14.7. The Morgan fingerprint density at radius 1 is 0.818 bits per heavy atom. The van der Waals surface area contributed by atoms with E-state index in [0.29, 0.717) is 46.2 Å². The average Bonchev–Trinajstić information content (AvgIpc) is 3.81. The number of nitrogens with one attached hydrogen (secondary N) is 3. The molecule has 6 aliphatic rings. The number of imidazole rings is 1. The van der Waals surface area contributed by atoms with Crippen LogP contribution in [0.1, 0.15) is 88.5 Å². The lowest BCUT2D eigenvalue weighted by molar-refractivity contribution is -0.136. The number of nitrogens with zero attached hydrogens (tertiary/aromatic N) is 8. The molecule has 340 valence electrons. The van der Waals surface area contributed by atoms with Gasteiger partial charge in [0, 0.05) is 75.2 Å². The topological polar surface area (TPSA) is 178 Å². The number of piperazine rings is 1. The minimum Gasteiger partial charge on any atom is -0.369 e. The van der Waals surface area contributed by atoms with E-state index >= 15 is 4.39 Å². The number of hydrogen-bond acceptors (Lipinski definition) is 12. The highest BCUT2D eigenvalue weighted by atomic mass is 35.5. The molecule has 66 heavy (non-hydrogen) atoms. The van der Waals surface area contributed by atoms with Crippen molar-refractivity contribution in [2.75, 3.05) is 54.4 Å². The van der Waals surface area contributed by atoms with Gasteiger partial charge in [-0.2, -0.15) is 0 Å². The van der Waals surface area contributed by atoms with Crippen molar-refractivity contribution in [1.82, 2.24) is 40.0 Å². The summed E-state index contributed by atoms with van der Waals surface area (Å²) >= 11 is 12.5. The lowest BCUT2D eigenvalue weighted by Crippen LogP contribution is -2.59. The predicted octanol–water partition coefficient (Wildman–Crippen LogP) is 6.12. The van der Waals surface area contributed by atoms with Gasteiger partial charge in [-0.05, 0) is 98.9 Å². The Morgan fingerprint density at radius 2 is 1.52 bits per heavy atom. The molecule has 6 heterocycles. The van der Waals surface area contributed by atoms with Gasteiger partial charge in [0.25, 0.3) is 17.7 Å². The molecule has 0 radical (unpaired) electrons. The minimum absolute atomic E-state index is 0.0228. The summed E-state index contributed by atoms with van der Waals surface area (Å²) in [6.07, 6.45) is 8.88. The number of benzene rings is 3. The quantitative estimate of drug-likeness (QED) is 0.145. The number of fused-ring (bicyclic) bond motifs is 2. The van der Waals surface area contributed by atoms with Crippen LogP contribution < -0.4 is 25.8 Å². The summed E-state index contributed by atoms with van der Waals surface area (Å²) in [5.41, 5.74) is 4.29. The summed E-state index contributed by atoms with van der Waals surface area (Å²) in [6, 6.07) is 15.5. The third-order valence-corrected chi connectivity index (χ3v) is 15.4. The first kappa shape index (κ1) is 42.5. The summed E-state index contributed by atoms with van der Waals surface area (Å²) in [7, 11) is 0. The van der Waals surface area contributed by atoms with Gasteiger partial charge in [-0.15, -0.1) is 0 Å². The molecule has 5 fully saturated rings. The van der Waals surface area contributed by atoms with Crippen molar-refractivity contribution in [3.05, 3.63) is 99.8 Å². The molecule has 1 spiro atoms. The SMILES string of the molecule is O=C1CCC(N2C(=O)c3cc(F)c(N4CCC5(CC4)CC(N4CCN(c6ccc(Nc7ncnc8c7ncn8C7CC(NC(=O)c8c(Cl)cccc8Cl)C7)cc6)CC4)C5)cc3C2=O)C(=O)N1. The van der Waals surface area contributed by atoms with Crippen LogP contribution in [0.4, 0.5) is 27.3 Å². The lowest BCUT2D eigenvalue weighted by atomic mass is 9.60. The van der Waals surface area contributed by atoms with Crippen LogP contribution in [0.5, 0.6) is 0 Å². The fourth-order valence-corrected chi connectivity index (χ4v) is 11.5. The molecule has 1 atom stereocenters. The summed E-state index contributed by atoms with van der Waals surface area (Å²) in [6.45, 7) is 5.10. The number of carbonyl (C=O) groups excluding carboxylic acids is 5. The molecule has 2 aromatic heterocycles. The first-order chi connectivity index (χ1) is 31.9. The summed E-state index contributed by atoms with van der Waals surface area (Å²) in [5.74, 6) is -2.71. The van der Waals surface area contributed by atoms with Gasteiger partial charge in [-0.3, -0.25) is 39.1 Å². The maximum Gasteiger partial charge on any atom is 0.262 e. The van der Waals surface area contributed by atoms with Gasteiger partial charge in [0.15, 0.2) is 17.0 Å². The molecule has 11 rings (SSSR count). The first-order valence-corrected chi connectivity index (χ1v) is 23.3. The first-order valence-electron chi connectivity index (χ1n) is 22.5. The molecule has 5 aromatic rings. The Bertz CT molecular complexity index is 2790. The van der Waals surface area contributed by atoms with E-state index in [1.165, 1.54) is 12.4 Å². The standard InChI is InChI=1S/C47H46Cl2FN11O5/c48-33-2-1-3-34(49)39(33)44(64)55-27-18-29(19-27)60-25-53-40-41(51-24-52-42(40)60)54-26-4-6-28(7-5-26)57-14-16-58(17-15-57)30-22-47(23-30)10-12-59(13-11-47)37-21-32-31(20-35(37)50)45(65)61(46(32)66)36-8-9-38(62)56-43(36)63/h1-7,20-21,24-25,27,29-30,36H,8-19,22-23H2,(H,55,64)(H,51,52,54)(H,56,62,63). The van der Waals surface area contributed by atoms with Crippen molar-refractivity contribution in [3.63, 3.8) is 0 Å². The Hall–Kier alpha value is -6.17. The highest BCUT2D eigenvalue weighted by Crippen LogP contribution is 2.52. The highest BCUT2D eigenvalue weighted by Gasteiger charge is 2.49. The molecule has 19 heteroatoms. The Labute approximate surface area is 388 Å². The number of carbonyl (C=O) groups is 5. The predicted molar refractivity (Wildman–Crippen MR) is 245 cm³/mol. The highest BCUT2D eigenvalue weighted by molar-refractivity contribution is 6.39. The van der Waals surface area contributed by atoms with Gasteiger partial charge in [-0.25, -0.2) is 19.3 Å². The van der Waals surface area contributed by atoms with Gasteiger partial charge >= 0.3 is 0 Å². The van der Waals surface area contributed by atoms with Gasteiger partial charge < -0.3 is 25.0 Å². The molecule has 0 bridgehead atoms. The Morgan fingerprint density at radius 3 is 2.21 bits per heavy atom. The normalized spacial score (nSPS) is 23.2. The van der Waals surface area contributed by atoms with Crippen molar-refractivity contribution in [2.24, 2.45) is 5.41 Å². The second-order valence-corrected chi connectivity index (χ2v) is 19.3. The monoisotopic (exact) mass is 933 g/mol. The molecular weight excluding hydrogens is 888 g/mol. The minimum atomic E-state index is -1.09. The van der Waals surface area contributed by atoms with E-state index in [2.05, 4.69) is 65.0 Å². The van der Waals surface area contributed by atoms with Gasteiger partial charge in [0.05, 0.1) is 38.8 Å². The van der Waals surface area contributed by atoms with E-state index in [0.717, 1.165) is 92.7 Å². The molecule has 4 aliphatic heterocycles. The zero-order chi connectivity index (χ0) is 45.4. The number of amides is 5. The number of anilines is 4. The van der Waals surface area contributed by atoms with Crippen molar-refractivity contribution in [1.29, 1.82) is 0 Å². The van der Waals surface area contributed by atoms with E-state index in [9.17, 15) is 24.0 Å². The van der Waals surface area contributed by atoms with E-state index in [1.54, 1.807) is 24.5 Å². The van der Waals surface area contributed by atoms with Crippen LogP contribution in [0.3, 0.4) is 0 Å². The van der Waals surface area contributed by atoms with Crippen LogP contribution in [-0.2, 0) is 9.59 Å². The maximum absolute atomic E-state index is 15.6. The molecule has 16 nitrogen and oxygen atoms in total. The van der Waals surface area contributed by atoms with E-state index in [-0.39, 0.29) is 52.9 Å². The Kier molecular flexibility index (Phi) is 10.7. The number of imide groups is 2. The molecule has 2 saturated carbocycles. The molecule has 1 unspecified atom stereocenters. The lowest BCUT2D eigenvalue weighted by Gasteiger charge is -2.56. The van der Waals surface area contributed by atoms with E-state index in [4.69, 9.17) is 23.2 Å². The maximum atomic E-state index is 15.6. The number of halogens is 3. The van der Waals surface area contributed by atoms with E-state index in [1.807, 2.05) is 9.47 Å². The second-order valence-electron chi connectivity index (χ2n) is 18.5. The van der Waals surface area contributed by atoms with Gasteiger partial charge in [0.1, 0.15) is 18.2 Å². The molecule has 3 N–H and O–H groups in total. The van der Waals surface area contributed by atoms with Crippen molar-refractivity contribution in [3.8, 4) is 0 Å². The number of piperidine rings is 2. The fraction of sp³-hybridized carbons (Fsp3) is 0.404. The smallest absolute Gasteiger partial charge is 0.262 e.